The number of aliphatic carboxylic acids is 1. The molecule has 0 rings (SSSR count). The van der Waals surface area contributed by atoms with Gasteiger partial charge in [0.2, 0.25) is 5.91 Å². The highest BCUT2D eigenvalue weighted by Gasteiger charge is 2.20. The summed E-state index contributed by atoms with van der Waals surface area (Å²) in [5, 5.41) is 11.1. The first-order valence-electron chi connectivity index (χ1n) is 4.37. The van der Waals surface area contributed by atoms with E-state index in [0.717, 1.165) is 0 Å². The standard InChI is InChI=1S/C9H16N2O3/c1-3-4-7(9(13)14)11-8(12)6(2)5-10/h3,6-7H,1,4-5,10H2,2H3,(H,11,12)(H,13,14). The molecule has 0 aromatic carbocycles. The number of amides is 1. The lowest BCUT2D eigenvalue weighted by Crippen LogP contribution is -2.44. The summed E-state index contributed by atoms with van der Waals surface area (Å²) in [6.45, 7) is 5.26. The number of carboxylic acid groups (broad SMARTS) is 1. The normalized spacial score (nSPS) is 14.1. The van der Waals surface area contributed by atoms with Gasteiger partial charge in [0.25, 0.3) is 0 Å². The van der Waals surface area contributed by atoms with Crippen LogP contribution in [-0.4, -0.2) is 29.6 Å². The van der Waals surface area contributed by atoms with Gasteiger partial charge < -0.3 is 16.2 Å². The number of hydrogen-bond acceptors (Lipinski definition) is 3. The van der Waals surface area contributed by atoms with Gasteiger partial charge in [0.05, 0.1) is 0 Å². The Morgan fingerprint density at radius 3 is 2.57 bits per heavy atom. The minimum absolute atomic E-state index is 0.201. The molecule has 0 aliphatic rings. The Kier molecular flexibility index (Phi) is 5.55. The van der Waals surface area contributed by atoms with Gasteiger partial charge in [0.1, 0.15) is 6.04 Å². The van der Waals surface area contributed by atoms with Crippen molar-refractivity contribution in [3.8, 4) is 0 Å². The maximum Gasteiger partial charge on any atom is 0.326 e. The average molecular weight is 200 g/mol. The number of carbonyl (C=O) groups is 2. The van der Waals surface area contributed by atoms with Crippen molar-refractivity contribution in [3.63, 3.8) is 0 Å². The third-order valence-corrected chi connectivity index (χ3v) is 1.82. The van der Waals surface area contributed by atoms with Crippen molar-refractivity contribution in [2.75, 3.05) is 6.54 Å². The SMILES string of the molecule is C=CCC(NC(=O)C(C)CN)C(=O)O. The molecule has 0 spiro atoms. The molecule has 0 saturated heterocycles. The topological polar surface area (TPSA) is 92.4 Å². The van der Waals surface area contributed by atoms with Gasteiger partial charge >= 0.3 is 5.97 Å². The molecule has 2 atom stereocenters. The van der Waals surface area contributed by atoms with Crippen LogP contribution in [0.25, 0.3) is 0 Å². The predicted octanol–water partition coefficient (Wildman–Crippen LogP) is -0.273. The van der Waals surface area contributed by atoms with Crippen LogP contribution in [0.1, 0.15) is 13.3 Å². The van der Waals surface area contributed by atoms with Gasteiger partial charge in [-0.2, -0.15) is 0 Å². The molecule has 4 N–H and O–H groups in total. The van der Waals surface area contributed by atoms with Crippen LogP contribution >= 0.6 is 0 Å². The van der Waals surface area contributed by atoms with Crippen molar-refractivity contribution in [2.24, 2.45) is 11.7 Å². The largest absolute Gasteiger partial charge is 0.480 e. The minimum atomic E-state index is -1.07. The molecule has 0 saturated carbocycles. The average Bonchev–Trinajstić information content (AvgIpc) is 2.15. The fourth-order valence-corrected chi connectivity index (χ4v) is 0.809. The first-order valence-corrected chi connectivity index (χ1v) is 4.37. The van der Waals surface area contributed by atoms with Gasteiger partial charge in [-0.3, -0.25) is 4.79 Å². The molecule has 14 heavy (non-hydrogen) atoms. The Labute approximate surface area is 83.0 Å². The molecule has 0 bridgehead atoms. The number of rotatable bonds is 6. The molecular formula is C9H16N2O3. The van der Waals surface area contributed by atoms with E-state index in [2.05, 4.69) is 11.9 Å². The van der Waals surface area contributed by atoms with E-state index in [4.69, 9.17) is 10.8 Å². The molecule has 5 nitrogen and oxygen atoms in total. The Morgan fingerprint density at radius 2 is 2.21 bits per heavy atom. The van der Waals surface area contributed by atoms with E-state index in [1.54, 1.807) is 6.92 Å². The summed E-state index contributed by atoms with van der Waals surface area (Å²) in [5.74, 6) is -1.79. The van der Waals surface area contributed by atoms with Crippen molar-refractivity contribution in [1.82, 2.24) is 5.32 Å². The van der Waals surface area contributed by atoms with E-state index in [0.29, 0.717) is 0 Å². The van der Waals surface area contributed by atoms with Crippen LogP contribution in [0.2, 0.25) is 0 Å². The molecule has 0 radical (unpaired) electrons. The summed E-state index contributed by atoms with van der Waals surface area (Å²) >= 11 is 0. The minimum Gasteiger partial charge on any atom is -0.480 e. The van der Waals surface area contributed by atoms with E-state index < -0.39 is 12.0 Å². The predicted molar refractivity (Wildman–Crippen MR) is 52.6 cm³/mol. The second kappa shape index (κ2) is 6.15. The van der Waals surface area contributed by atoms with Crippen LogP contribution in [0, 0.1) is 5.92 Å². The third kappa shape index (κ3) is 4.04. The Hall–Kier alpha value is -1.36. The number of nitrogens with one attached hydrogen (secondary N) is 1. The number of carbonyl (C=O) groups excluding carboxylic acids is 1. The molecule has 0 aromatic heterocycles. The molecular weight excluding hydrogens is 184 g/mol. The highest BCUT2D eigenvalue weighted by Crippen LogP contribution is 1.97. The maximum atomic E-state index is 11.3. The molecule has 0 aliphatic heterocycles. The van der Waals surface area contributed by atoms with Crippen LogP contribution in [0.15, 0.2) is 12.7 Å². The van der Waals surface area contributed by atoms with Gasteiger partial charge in [-0.15, -0.1) is 6.58 Å². The summed E-state index contributed by atoms with van der Waals surface area (Å²) in [6, 6.07) is -0.908. The zero-order valence-corrected chi connectivity index (χ0v) is 8.19. The first-order chi connectivity index (χ1) is 6.52. The van der Waals surface area contributed by atoms with Crippen molar-refractivity contribution < 1.29 is 14.7 Å². The van der Waals surface area contributed by atoms with Gasteiger partial charge in [0.15, 0.2) is 0 Å². The lowest BCUT2D eigenvalue weighted by Gasteiger charge is -2.15. The Bertz CT molecular complexity index is 228. The zero-order chi connectivity index (χ0) is 11.1. The summed E-state index contributed by atoms with van der Waals surface area (Å²) in [4.78, 5) is 21.9. The molecule has 2 unspecified atom stereocenters. The summed E-state index contributed by atoms with van der Waals surface area (Å²) in [6.07, 6.45) is 1.66. The van der Waals surface area contributed by atoms with Crippen LogP contribution < -0.4 is 11.1 Å². The van der Waals surface area contributed by atoms with E-state index in [-0.39, 0.29) is 24.8 Å². The number of hydrogen-bond donors (Lipinski definition) is 3. The molecule has 5 heteroatoms. The second-order valence-corrected chi connectivity index (χ2v) is 3.06. The second-order valence-electron chi connectivity index (χ2n) is 3.06. The smallest absolute Gasteiger partial charge is 0.326 e. The van der Waals surface area contributed by atoms with E-state index >= 15 is 0 Å². The Balaban J connectivity index is 4.22. The number of nitrogens with two attached hydrogens (primary N) is 1. The highest BCUT2D eigenvalue weighted by molar-refractivity contribution is 5.84. The molecule has 0 heterocycles. The summed E-state index contributed by atoms with van der Waals surface area (Å²) < 4.78 is 0. The molecule has 0 aromatic rings. The van der Waals surface area contributed by atoms with Crippen LogP contribution in [-0.2, 0) is 9.59 Å². The van der Waals surface area contributed by atoms with Crippen molar-refractivity contribution in [1.29, 1.82) is 0 Å². The van der Waals surface area contributed by atoms with E-state index in [1.807, 2.05) is 0 Å². The summed E-state index contributed by atoms with van der Waals surface area (Å²) in [5.41, 5.74) is 5.27. The quantitative estimate of drug-likeness (QED) is 0.514. The maximum absolute atomic E-state index is 11.3. The number of carboxylic acids is 1. The van der Waals surface area contributed by atoms with Crippen LogP contribution in [0.4, 0.5) is 0 Å². The zero-order valence-electron chi connectivity index (χ0n) is 8.19. The van der Waals surface area contributed by atoms with Crippen molar-refractivity contribution >= 4 is 11.9 Å². The summed E-state index contributed by atoms with van der Waals surface area (Å²) in [7, 11) is 0. The van der Waals surface area contributed by atoms with Crippen LogP contribution in [0.3, 0.4) is 0 Å². The fourth-order valence-electron chi connectivity index (χ4n) is 0.809. The molecule has 0 fully saturated rings. The monoisotopic (exact) mass is 200 g/mol. The van der Waals surface area contributed by atoms with Crippen molar-refractivity contribution in [2.45, 2.75) is 19.4 Å². The van der Waals surface area contributed by atoms with Gasteiger partial charge in [0, 0.05) is 12.5 Å². The van der Waals surface area contributed by atoms with Gasteiger partial charge in [-0.1, -0.05) is 13.0 Å². The lowest BCUT2D eigenvalue weighted by atomic mass is 10.1. The Morgan fingerprint density at radius 1 is 1.64 bits per heavy atom. The van der Waals surface area contributed by atoms with E-state index in [9.17, 15) is 9.59 Å². The third-order valence-electron chi connectivity index (χ3n) is 1.82. The van der Waals surface area contributed by atoms with Gasteiger partial charge in [-0.25, -0.2) is 4.79 Å². The first kappa shape index (κ1) is 12.6. The lowest BCUT2D eigenvalue weighted by molar-refractivity contribution is -0.142. The van der Waals surface area contributed by atoms with Gasteiger partial charge in [-0.05, 0) is 6.42 Å². The highest BCUT2D eigenvalue weighted by atomic mass is 16.4. The molecule has 1 amide bonds. The van der Waals surface area contributed by atoms with Crippen LogP contribution in [0.5, 0.6) is 0 Å². The molecule has 0 aliphatic carbocycles. The van der Waals surface area contributed by atoms with E-state index in [1.165, 1.54) is 6.08 Å². The van der Waals surface area contributed by atoms with Crippen molar-refractivity contribution in [3.05, 3.63) is 12.7 Å². The molecule has 80 valence electrons. The fraction of sp³-hybridized carbons (Fsp3) is 0.556.